The Morgan fingerprint density at radius 2 is 1.68 bits per heavy atom. The second-order valence-corrected chi connectivity index (χ2v) is 6.46. The number of rotatable bonds is 5. The highest BCUT2D eigenvalue weighted by Gasteiger charge is 2.09. The highest BCUT2D eigenvalue weighted by Crippen LogP contribution is 2.26. The first-order valence-corrected chi connectivity index (χ1v) is 8.66. The molecule has 0 fully saturated rings. The van der Waals surface area contributed by atoms with E-state index in [0.717, 1.165) is 21.3 Å². The predicted molar refractivity (Wildman–Crippen MR) is 101 cm³/mol. The van der Waals surface area contributed by atoms with Crippen molar-refractivity contribution in [2.45, 2.75) is 13.5 Å². The summed E-state index contributed by atoms with van der Waals surface area (Å²) in [5.74, 6) is 0.938. The molecule has 0 heterocycles. The molecule has 0 aliphatic heterocycles. The van der Waals surface area contributed by atoms with E-state index in [1.165, 1.54) is 0 Å². The lowest BCUT2D eigenvalue weighted by atomic mass is 10.2. The molecular weight excluding hydrogens is 380 g/mol. The van der Waals surface area contributed by atoms with Crippen LogP contribution in [0, 0.1) is 6.92 Å². The summed E-state index contributed by atoms with van der Waals surface area (Å²) in [5, 5.41) is 0. The topological polar surface area (TPSA) is 35.5 Å². The Bertz CT molecular complexity index is 875. The van der Waals surface area contributed by atoms with Crippen LogP contribution in [0.1, 0.15) is 21.5 Å². The van der Waals surface area contributed by atoms with E-state index in [9.17, 15) is 4.79 Å². The number of carbonyl (C=O) groups excluding carboxylic acids is 1. The van der Waals surface area contributed by atoms with Crippen molar-refractivity contribution in [2.24, 2.45) is 0 Å². The van der Waals surface area contributed by atoms with Crippen molar-refractivity contribution < 1.29 is 14.3 Å². The average Bonchev–Trinajstić information content (AvgIpc) is 2.64. The maximum absolute atomic E-state index is 12.2. The van der Waals surface area contributed by atoms with Crippen LogP contribution >= 0.6 is 15.9 Å². The van der Waals surface area contributed by atoms with Gasteiger partial charge in [-0.2, -0.15) is 0 Å². The Morgan fingerprint density at radius 1 is 0.920 bits per heavy atom. The van der Waals surface area contributed by atoms with E-state index in [-0.39, 0.29) is 12.6 Å². The van der Waals surface area contributed by atoms with Crippen molar-refractivity contribution >= 4 is 21.9 Å². The fraction of sp³-hybridized carbons (Fsp3) is 0.0952. The first kappa shape index (κ1) is 17.2. The third-order valence-electron chi connectivity index (χ3n) is 3.65. The summed E-state index contributed by atoms with van der Waals surface area (Å²) in [4.78, 5) is 12.2. The fourth-order valence-corrected chi connectivity index (χ4v) is 2.56. The van der Waals surface area contributed by atoms with Gasteiger partial charge in [-0.25, -0.2) is 4.79 Å². The lowest BCUT2D eigenvalue weighted by Gasteiger charge is -2.09. The van der Waals surface area contributed by atoms with E-state index < -0.39 is 0 Å². The van der Waals surface area contributed by atoms with Crippen molar-refractivity contribution in [3.05, 3.63) is 94.0 Å². The SMILES string of the molecule is Cc1cc(Oc2cccc(C(=O)OCc3ccccc3)c2)ccc1Br. The molecule has 4 heteroatoms. The lowest BCUT2D eigenvalue weighted by molar-refractivity contribution is 0.0472. The molecule has 0 saturated carbocycles. The minimum Gasteiger partial charge on any atom is -0.457 e. The molecule has 3 rings (SSSR count). The average molecular weight is 397 g/mol. The van der Waals surface area contributed by atoms with Crippen LogP contribution in [0.5, 0.6) is 11.5 Å². The highest BCUT2D eigenvalue weighted by atomic mass is 79.9. The molecule has 3 nitrogen and oxygen atoms in total. The van der Waals surface area contributed by atoms with Crippen molar-refractivity contribution in [1.82, 2.24) is 0 Å². The second-order valence-electron chi connectivity index (χ2n) is 5.60. The number of hydrogen-bond acceptors (Lipinski definition) is 3. The zero-order valence-corrected chi connectivity index (χ0v) is 15.3. The maximum atomic E-state index is 12.2. The van der Waals surface area contributed by atoms with E-state index in [1.807, 2.05) is 61.5 Å². The summed E-state index contributed by atoms with van der Waals surface area (Å²) in [5.41, 5.74) is 2.49. The van der Waals surface area contributed by atoms with Crippen LogP contribution in [0.25, 0.3) is 0 Å². The smallest absolute Gasteiger partial charge is 0.338 e. The molecule has 0 saturated heterocycles. The minimum absolute atomic E-state index is 0.247. The molecule has 0 amide bonds. The van der Waals surface area contributed by atoms with Gasteiger partial charge in [0.1, 0.15) is 18.1 Å². The fourth-order valence-electron chi connectivity index (χ4n) is 2.31. The zero-order valence-electron chi connectivity index (χ0n) is 13.7. The summed E-state index contributed by atoms with van der Waals surface area (Å²) in [7, 11) is 0. The van der Waals surface area contributed by atoms with Gasteiger partial charge in [0, 0.05) is 4.47 Å². The van der Waals surface area contributed by atoms with Crippen LogP contribution in [0.3, 0.4) is 0 Å². The van der Waals surface area contributed by atoms with Crippen molar-refractivity contribution in [3.8, 4) is 11.5 Å². The van der Waals surface area contributed by atoms with Gasteiger partial charge in [-0.3, -0.25) is 0 Å². The first-order chi connectivity index (χ1) is 12.1. The van der Waals surface area contributed by atoms with Gasteiger partial charge in [-0.05, 0) is 54.4 Å². The third-order valence-corrected chi connectivity index (χ3v) is 4.54. The van der Waals surface area contributed by atoms with Gasteiger partial charge in [0.25, 0.3) is 0 Å². The van der Waals surface area contributed by atoms with Gasteiger partial charge in [0.05, 0.1) is 5.56 Å². The first-order valence-electron chi connectivity index (χ1n) is 7.87. The monoisotopic (exact) mass is 396 g/mol. The molecule has 0 aliphatic rings. The van der Waals surface area contributed by atoms with Gasteiger partial charge in [-0.1, -0.05) is 52.3 Å². The number of ether oxygens (including phenoxy) is 2. The molecule has 0 radical (unpaired) electrons. The van der Waals surface area contributed by atoms with Crippen LogP contribution < -0.4 is 4.74 Å². The van der Waals surface area contributed by atoms with Gasteiger partial charge in [0.15, 0.2) is 0 Å². The largest absolute Gasteiger partial charge is 0.457 e. The van der Waals surface area contributed by atoms with Gasteiger partial charge >= 0.3 is 5.97 Å². The molecule has 0 aromatic heterocycles. The Labute approximate surface area is 155 Å². The van der Waals surface area contributed by atoms with Crippen LogP contribution in [0.4, 0.5) is 0 Å². The highest BCUT2D eigenvalue weighted by molar-refractivity contribution is 9.10. The molecule has 0 spiro atoms. The number of aryl methyl sites for hydroxylation is 1. The molecule has 25 heavy (non-hydrogen) atoms. The van der Waals surface area contributed by atoms with E-state index >= 15 is 0 Å². The van der Waals surface area contributed by atoms with Crippen LogP contribution in [0.15, 0.2) is 77.3 Å². The summed E-state index contributed by atoms with van der Waals surface area (Å²) in [6, 6.07) is 22.3. The van der Waals surface area contributed by atoms with Crippen molar-refractivity contribution in [1.29, 1.82) is 0 Å². The van der Waals surface area contributed by atoms with E-state index in [2.05, 4.69) is 15.9 Å². The number of carbonyl (C=O) groups is 1. The Hall–Kier alpha value is -2.59. The molecule has 0 unspecified atom stereocenters. The molecule has 0 bridgehead atoms. The molecular formula is C21H17BrO3. The van der Waals surface area contributed by atoms with E-state index in [1.54, 1.807) is 18.2 Å². The number of benzene rings is 3. The Balaban J connectivity index is 1.68. The van der Waals surface area contributed by atoms with Gasteiger partial charge < -0.3 is 9.47 Å². The maximum Gasteiger partial charge on any atom is 0.338 e. The summed E-state index contributed by atoms with van der Waals surface area (Å²) in [6.07, 6.45) is 0. The zero-order chi connectivity index (χ0) is 17.6. The molecule has 0 atom stereocenters. The quantitative estimate of drug-likeness (QED) is 0.503. The molecule has 126 valence electrons. The number of halogens is 1. The molecule has 0 N–H and O–H groups in total. The van der Waals surface area contributed by atoms with E-state index in [4.69, 9.17) is 9.47 Å². The summed E-state index contributed by atoms with van der Waals surface area (Å²) >= 11 is 3.47. The molecule has 0 aliphatic carbocycles. The lowest BCUT2D eigenvalue weighted by Crippen LogP contribution is -2.05. The Morgan fingerprint density at radius 3 is 2.44 bits per heavy atom. The summed E-state index contributed by atoms with van der Waals surface area (Å²) < 4.78 is 12.2. The van der Waals surface area contributed by atoms with E-state index in [0.29, 0.717) is 11.3 Å². The molecule has 3 aromatic carbocycles. The predicted octanol–water partition coefficient (Wildman–Crippen LogP) is 5.91. The summed E-state index contributed by atoms with van der Waals surface area (Å²) in [6.45, 7) is 2.24. The van der Waals surface area contributed by atoms with Crippen LogP contribution in [-0.2, 0) is 11.3 Å². The third kappa shape index (κ3) is 4.70. The minimum atomic E-state index is -0.374. The van der Waals surface area contributed by atoms with Gasteiger partial charge in [-0.15, -0.1) is 0 Å². The second kappa shape index (κ2) is 7.99. The van der Waals surface area contributed by atoms with Crippen molar-refractivity contribution in [2.75, 3.05) is 0 Å². The van der Waals surface area contributed by atoms with Crippen LogP contribution in [0.2, 0.25) is 0 Å². The van der Waals surface area contributed by atoms with Crippen molar-refractivity contribution in [3.63, 3.8) is 0 Å². The molecule has 3 aromatic rings. The standard InChI is InChI=1S/C21H17BrO3/c1-15-12-19(10-11-20(15)22)25-18-9-5-8-17(13-18)21(23)24-14-16-6-3-2-4-7-16/h2-13H,14H2,1H3. The Kier molecular flexibility index (Phi) is 5.51. The number of hydrogen-bond donors (Lipinski definition) is 0. The number of esters is 1. The van der Waals surface area contributed by atoms with Crippen LogP contribution in [-0.4, -0.2) is 5.97 Å². The normalized spacial score (nSPS) is 10.3. The van der Waals surface area contributed by atoms with Gasteiger partial charge in [0.2, 0.25) is 0 Å².